The first-order chi connectivity index (χ1) is 8.77. The number of hydrogen-bond donors (Lipinski definition) is 2. The summed E-state index contributed by atoms with van der Waals surface area (Å²) in [5.41, 5.74) is 0.388. The summed E-state index contributed by atoms with van der Waals surface area (Å²) in [6, 6.07) is 7.14. The predicted molar refractivity (Wildman–Crippen MR) is 80.8 cm³/mol. The molecule has 0 radical (unpaired) electrons. The van der Waals surface area contributed by atoms with Crippen molar-refractivity contribution in [2.45, 2.75) is 46.3 Å². The van der Waals surface area contributed by atoms with Crippen molar-refractivity contribution >= 4 is 21.8 Å². The molecular formula is C15H22BrNO2. The molecule has 0 saturated carbocycles. The summed E-state index contributed by atoms with van der Waals surface area (Å²) in [5.74, 6) is -0.0290. The number of nitrogens with one attached hydrogen (secondary N) is 1. The molecule has 1 amide bonds. The molecule has 0 heterocycles. The van der Waals surface area contributed by atoms with Gasteiger partial charge in [-0.1, -0.05) is 48.8 Å². The van der Waals surface area contributed by atoms with Gasteiger partial charge in [-0.3, -0.25) is 4.79 Å². The van der Waals surface area contributed by atoms with Crippen molar-refractivity contribution in [1.29, 1.82) is 0 Å². The summed E-state index contributed by atoms with van der Waals surface area (Å²) < 4.78 is 0.965. The van der Waals surface area contributed by atoms with Crippen LogP contribution in [0.15, 0.2) is 28.7 Å². The van der Waals surface area contributed by atoms with Gasteiger partial charge < -0.3 is 10.4 Å². The van der Waals surface area contributed by atoms with Gasteiger partial charge in [0.1, 0.15) is 0 Å². The normalized spacial score (nSPS) is 14.8. The first kappa shape index (κ1) is 16.2. The van der Waals surface area contributed by atoms with Crippen LogP contribution in [-0.4, -0.2) is 17.1 Å². The van der Waals surface area contributed by atoms with Gasteiger partial charge in [-0.2, -0.15) is 0 Å². The Morgan fingerprint density at radius 3 is 2.37 bits per heavy atom. The SMILES string of the molecule is CCC(C)(C)C(=O)NC(C)C(O)c1ccc(Br)cc1. The third-order valence-corrected chi connectivity index (χ3v) is 4.07. The largest absolute Gasteiger partial charge is 0.386 e. The van der Waals surface area contributed by atoms with E-state index in [1.54, 1.807) is 0 Å². The van der Waals surface area contributed by atoms with Gasteiger partial charge in [-0.15, -0.1) is 0 Å². The molecule has 1 rings (SSSR count). The number of aliphatic hydroxyl groups excluding tert-OH is 1. The first-order valence-corrected chi connectivity index (χ1v) is 7.31. The fourth-order valence-electron chi connectivity index (χ4n) is 1.59. The maximum Gasteiger partial charge on any atom is 0.225 e. The molecule has 1 aromatic rings. The fraction of sp³-hybridized carbons (Fsp3) is 0.533. The Kier molecular flexibility index (Phi) is 5.56. The molecule has 2 N–H and O–H groups in total. The number of hydrogen-bond acceptors (Lipinski definition) is 2. The van der Waals surface area contributed by atoms with Crippen molar-refractivity contribution in [2.75, 3.05) is 0 Å². The summed E-state index contributed by atoms with van der Waals surface area (Å²) >= 11 is 3.36. The van der Waals surface area contributed by atoms with Crippen molar-refractivity contribution in [3.8, 4) is 0 Å². The van der Waals surface area contributed by atoms with E-state index in [4.69, 9.17) is 0 Å². The highest BCUT2D eigenvalue weighted by Gasteiger charge is 2.28. The number of carbonyl (C=O) groups is 1. The second-order valence-corrected chi connectivity index (χ2v) is 6.41. The lowest BCUT2D eigenvalue weighted by Gasteiger charge is -2.27. The van der Waals surface area contributed by atoms with Crippen molar-refractivity contribution in [3.05, 3.63) is 34.3 Å². The molecule has 19 heavy (non-hydrogen) atoms. The Morgan fingerprint density at radius 2 is 1.89 bits per heavy atom. The molecule has 0 aliphatic heterocycles. The Morgan fingerprint density at radius 1 is 1.37 bits per heavy atom. The van der Waals surface area contributed by atoms with Gasteiger partial charge in [0.05, 0.1) is 12.1 Å². The number of halogens is 1. The van der Waals surface area contributed by atoms with Gasteiger partial charge in [0, 0.05) is 9.89 Å². The van der Waals surface area contributed by atoms with Crippen LogP contribution < -0.4 is 5.32 Å². The smallest absolute Gasteiger partial charge is 0.225 e. The van der Waals surface area contributed by atoms with Crippen molar-refractivity contribution < 1.29 is 9.90 Å². The maximum absolute atomic E-state index is 12.1. The molecule has 2 unspecified atom stereocenters. The monoisotopic (exact) mass is 327 g/mol. The zero-order valence-corrected chi connectivity index (χ0v) is 13.5. The lowest BCUT2D eigenvalue weighted by atomic mass is 9.88. The molecule has 2 atom stereocenters. The van der Waals surface area contributed by atoms with E-state index in [1.807, 2.05) is 52.0 Å². The summed E-state index contributed by atoms with van der Waals surface area (Å²) in [4.78, 5) is 12.1. The number of aliphatic hydroxyl groups is 1. The van der Waals surface area contributed by atoms with E-state index in [-0.39, 0.29) is 11.9 Å². The third kappa shape index (κ3) is 4.32. The van der Waals surface area contributed by atoms with Crippen LogP contribution in [0.5, 0.6) is 0 Å². The van der Waals surface area contributed by atoms with Crippen LogP contribution in [0.2, 0.25) is 0 Å². The van der Waals surface area contributed by atoms with E-state index in [2.05, 4.69) is 21.2 Å². The highest BCUT2D eigenvalue weighted by atomic mass is 79.9. The highest BCUT2D eigenvalue weighted by molar-refractivity contribution is 9.10. The van der Waals surface area contributed by atoms with E-state index in [0.29, 0.717) is 0 Å². The molecule has 0 spiro atoms. The molecule has 0 aliphatic carbocycles. The summed E-state index contributed by atoms with van der Waals surface area (Å²) in [5, 5.41) is 13.1. The van der Waals surface area contributed by atoms with Crippen LogP contribution in [0.25, 0.3) is 0 Å². The summed E-state index contributed by atoms with van der Waals surface area (Å²) in [6.45, 7) is 7.61. The van der Waals surface area contributed by atoms with Gasteiger partial charge in [0.15, 0.2) is 0 Å². The van der Waals surface area contributed by atoms with E-state index >= 15 is 0 Å². The lowest BCUT2D eigenvalue weighted by Crippen LogP contribution is -2.43. The summed E-state index contributed by atoms with van der Waals surface area (Å²) in [6.07, 6.45) is 0.0598. The molecule has 106 valence electrons. The Bertz CT molecular complexity index is 428. The van der Waals surface area contributed by atoms with E-state index in [1.165, 1.54) is 0 Å². The minimum Gasteiger partial charge on any atom is -0.386 e. The van der Waals surface area contributed by atoms with Crippen LogP contribution in [-0.2, 0) is 4.79 Å². The molecule has 0 bridgehead atoms. The van der Waals surface area contributed by atoms with E-state index < -0.39 is 11.5 Å². The van der Waals surface area contributed by atoms with Crippen molar-refractivity contribution in [1.82, 2.24) is 5.32 Å². The zero-order chi connectivity index (χ0) is 14.6. The summed E-state index contributed by atoms with van der Waals surface area (Å²) in [7, 11) is 0. The lowest BCUT2D eigenvalue weighted by molar-refractivity contribution is -0.131. The van der Waals surface area contributed by atoms with Crippen LogP contribution in [0, 0.1) is 5.41 Å². The standard InChI is InChI=1S/C15H22BrNO2/c1-5-15(3,4)14(19)17-10(2)13(18)11-6-8-12(16)9-7-11/h6-10,13,18H,5H2,1-4H3,(H,17,19). The molecule has 1 aromatic carbocycles. The molecule has 0 saturated heterocycles. The maximum atomic E-state index is 12.1. The second kappa shape index (κ2) is 6.53. The molecule has 0 aromatic heterocycles. The molecule has 0 fully saturated rings. The van der Waals surface area contributed by atoms with Gasteiger partial charge in [-0.05, 0) is 31.0 Å². The minimum atomic E-state index is -0.704. The van der Waals surface area contributed by atoms with Crippen molar-refractivity contribution in [2.24, 2.45) is 5.41 Å². The Hall–Kier alpha value is -0.870. The molecule has 4 heteroatoms. The number of benzene rings is 1. The Balaban J connectivity index is 2.70. The van der Waals surface area contributed by atoms with Crippen molar-refractivity contribution in [3.63, 3.8) is 0 Å². The fourth-order valence-corrected chi connectivity index (χ4v) is 1.85. The number of carbonyl (C=O) groups excluding carboxylic acids is 1. The zero-order valence-electron chi connectivity index (χ0n) is 11.9. The van der Waals surface area contributed by atoms with Gasteiger partial charge in [0.25, 0.3) is 0 Å². The predicted octanol–water partition coefficient (Wildman–Crippen LogP) is 3.42. The van der Waals surface area contributed by atoms with E-state index in [0.717, 1.165) is 16.5 Å². The Labute approximate surface area is 123 Å². The average molecular weight is 328 g/mol. The first-order valence-electron chi connectivity index (χ1n) is 6.52. The van der Waals surface area contributed by atoms with E-state index in [9.17, 15) is 9.90 Å². The van der Waals surface area contributed by atoms with Gasteiger partial charge >= 0.3 is 0 Å². The number of amides is 1. The van der Waals surface area contributed by atoms with Gasteiger partial charge in [-0.25, -0.2) is 0 Å². The molecular weight excluding hydrogens is 306 g/mol. The molecule has 0 aliphatic rings. The van der Waals surface area contributed by atoms with Crippen LogP contribution in [0.3, 0.4) is 0 Å². The molecule has 3 nitrogen and oxygen atoms in total. The highest BCUT2D eigenvalue weighted by Crippen LogP contribution is 2.23. The van der Waals surface area contributed by atoms with Crippen LogP contribution in [0.4, 0.5) is 0 Å². The minimum absolute atomic E-state index is 0.0290. The van der Waals surface area contributed by atoms with Crippen LogP contribution in [0.1, 0.15) is 45.8 Å². The average Bonchev–Trinajstić information content (AvgIpc) is 2.38. The van der Waals surface area contributed by atoms with Gasteiger partial charge in [0.2, 0.25) is 5.91 Å². The topological polar surface area (TPSA) is 49.3 Å². The third-order valence-electron chi connectivity index (χ3n) is 3.54. The quantitative estimate of drug-likeness (QED) is 0.870. The second-order valence-electron chi connectivity index (χ2n) is 5.50. The number of rotatable bonds is 5. The van der Waals surface area contributed by atoms with Crippen LogP contribution >= 0.6 is 15.9 Å².